The molecular formula is C25H18ClN3O6. The molecular weight excluding hydrogens is 474 g/mol. The number of ether oxygens (including phenoxy) is 1. The minimum atomic E-state index is -0.904. The molecule has 35 heavy (non-hydrogen) atoms. The zero-order valence-corrected chi connectivity index (χ0v) is 18.8. The molecule has 0 bridgehead atoms. The molecule has 0 radical (unpaired) electrons. The molecule has 1 heterocycles. The number of halogens is 1. The number of rotatable bonds is 6. The second-order valence-electron chi connectivity index (χ2n) is 7.37. The van der Waals surface area contributed by atoms with Crippen LogP contribution in [0.15, 0.2) is 78.4 Å². The van der Waals surface area contributed by atoms with Gasteiger partial charge in [-0.2, -0.15) is 0 Å². The number of benzene rings is 3. The number of hydrogen-bond acceptors (Lipinski definition) is 6. The summed E-state index contributed by atoms with van der Waals surface area (Å²) in [4.78, 5) is 50.4. The number of anilines is 2. The van der Waals surface area contributed by atoms with Gasteiger partial charge in [0.15, 0.2) is 6.61 Å². The number of phenolic OH excluding ortho intramolecular Hbond substituents is 1. The summed E-state index contributed by atoms with van der Waals surface area (Å²) in [6, 6.07) is 17.9. The van der Waals surface area contributed by atoms with Crippen LogP contribution in [-0.4, -0.2) is 35.5 Å². The summed E-state index contributed by atoms with van der Waals surface area (Å²) in [7, 11) is 0. The highest BCUT2D eigenvalue weighted by molar-refractivity contribution is 6.39. The van der Waals surface area contributed by atoms with Crippen molar-refractivity contribution in [3.8, 4) is 11.5 Å². The number of hydrogen-bond donors (Lipinski definition) is 3. The van der Waals surface area contributed by atoms with Crippen molar-refractivity contribution in [2.45, 2.75) is 0 Å². The molecule has 3 aromatic carbocycles. The predicted octanol–water partition coefficient (Wildman–Crippen LogP) is 3.73. The molecule has 0 aliphatic carbocycles. The summed E-state index contributed by atoms with van der Waals surface area (Å²) < 4.78 is 5.47. The van der Waals surface area contributed by atoms with E-state index in [0.717, 1.165) is 4.90 Å². The quantitative estimate of drug-likeness (QED) is 0.356. The van der Waals surface area contributed by atoms with Crippen LogP contribution < -0.4 is 20.3 Å². The van der Waals surface area contributed by atoms with Crippen LogP contribution in [0.2, 0.25) is 5.02 Å². The van der Waals surface area contributed by atoms with Gasteiger partial charge >= 0.3 is 6.03 Å². The first-order valence-corrected chi connectivity index (χ1v) is 10.7. The van der Waals surface area contributed by atoms with E-state index in [2.05, 4.69) is 10.6 Å². The average Bonchev–Trinajstić information content (AvgIpc) is 2.83. The van der Waals surface area contributed by atoms with Gasteiger partial charge in [0.2, 0.25) is 0 Å². The molecule has 10 heteroatoms. The van der Waals surface area contributed by atoms with Gasteiger partial charge in [0.25, 0.3) is 17.7 Å². The lowest BCUT2D eigenvalue weighted by Gasteiger charge is -2.26. The number of barbiturate groups is 1. The van der Waals surface area contributed by atoms with Crippen LogP contribution in [0.3, 0.4) is 0 Å². The normalized spacial score (nSPS) is 14.6. The number of aromatic hydroxyl groups is 1. The Labute approximate surface area is 204 Å². The molecule has 0 spiro atoms. The monoisotopic (exact) mass is 491 g/mol. The van der Waals surface area contributed by atoms with Gasteiger partial charge in [0.1, 0.15) is 17.1 Å². The zero-order valence-electron chi connectivity index (χ0n) is 18.0. The Hall–Kier alpha value is -4.63. The summed E-state index contributed by atoms with van der Waals surface area (Å²) in [6.07, 6.45) is 1.29. The fourth-order valence-electron chi connectivity index (χ4n) is 3.25. The third-order valence-corrected chi connectivity index (χ3v) is 5.19. The highest BCUT2D eigenvalue weighted by atomic mass is 35.5. The molecule has 0 unspecified atom stereocenters. The second kappa shape index (κ2) is 10.1. The number of nitrogens with zero attached hydrogens (tertiary/aromatic N) is 1. The van der Waals surface area contributed by atoms with Crippen molar-refractivity contribution in [1.29, 1.82) is 0 Å². The molecule has 1 fully saturated rings. The van der Waals surface area contributed by atoms with Gasteiger partial charge in [-0.3, -0.25) is 19.7 Å². The highest BCUT2D eigenvalue weighted by Crippen LogP contribution is 2.28. The maximum absolute atomic E-state index is 12.9. The molecule has 1 saturated heterocycles. The lowest BCUT2D eigenvalue weighted by atomic mass is 10.1. The van der Waals surface area contributed by atoms with Gasteiger partial charge in [-0.1, -0.05) is 35.9 Å². The van der Waals surface area contributed by atoms with E-state index in [1.807, 2.05) is 6.07 Å². The molecule has 1 aliphatic rings. The number of carbonyl (C=O) groups is 4. The average molecular weight is 492 g/mol. The van der Waals surface area contributed by atoms with Gasteiger partial charge in [0.05, 0.1) is 10.7 Å². The Kier molecular flexibility index (Phi) is 6.79. The molecule has 3 N–H and O–H groups in total. The second-order valence-corrected chi connectivity index (χ2v) is 7.77. The van der Waals surface area contributed by atoms with E-state index in [0.29, 0.717) is 11.3 Å². The Morgan fingerprint density at radius 1 is 1.03 bits per heavy atom. The minimum absolute atomic E-state index is 0.0417. The van der Waals surface area contributed by atoms with Crippen molar-refractivity contribution in [1.82, 2.24) is 5.32 Å². The third kappa shape index (κ3) is 5.48. The molecule has 9 nitrogen and oxygen atoms in total. The molecule has 5 amide bonds. The van der Waals surface area contributed by atoms with Crippen molar-refractivity contribution in [2.24, 2.45) is 0 Å². The smallest absolute Gasteiger partial charge is 0.335 e. The SMILES string of the molecule is O=C(COc1ccc(C=C2C(=O)NC(=O)N(c3ccc(O)cc3)C2=O)cc1Cl)Nc1ccccc1. The molecule has 176 valence electrons. The van der Waals surface area contributed by atoms with Crippen molar-refractivity contribution in [3.63, 3.8) is 0 Å². The topological polar surface area (TPSA) is 125 Å². The van der Waals surface area contributed by atoms with Crippen LogP contribution in [0, 0.1) is 0 Å². The lowest BCUT2D eigenvalue weighted by Crippen LogP contribution is -2.54. The maximum atomic E-state index is 12.9. The molecule has 1 aliphatic heterocycles. The first-order valence-electron chi connectivity index (χ1n) is 10.3. The fraction of sp³-hybridized carbons (Fsp3) is 0.0400. The van der Waals surface area contributed by atoms with E-state index in [1.165, 1.54) is 42.5 Å². The standard InChI is InChI=1S/C25H18ClN3O6/c26-20-13-15(6-11-21(20)35-14-22(31)27-16-4-2-1-3-5-16)12-19-23(32)28-25(34)29(24(19)33)17-7-9-18(30)10-8-17/h1-13,30H,14H2,(H,27,31)(H,28,32,34). The molecule has 4 rings (SSSR count). The highest BCUT2D eigenvalue weighted by Gasteiger charge is 2.36. The van der Waals surface area contributed by atoms with Crippen molar-refractivity contribution < 1.29 is 29.0 Å². The summed E-state index contributed by atoms with van der Waals surface area (Å²) in [5, 5.41) is 14.4. The predicted molar refractivity (Wildman–Crippen MR) is 129 cm³/mol. The van der Waals surface area contributed by atoms with Crippen LogP contribution >= 0.6 is 11.6 Å². The van der Waals surface area contributed by atoms with E-state index in [-0.39, 0.29) is 40.3 Å². The molecule has 0 aromatic heterocycles. The van der Waals surface area contributed by atoms with E-state index in [4.69, 9.17) is 16.3 Å². The van der Waals surface area contributed by atoms with Crippen molar-refractivity contribution in [3.05, 3.63) is 89.0 Å². The summed E-state index contributed by atoms with van der Waals surface area (Å²) >= 11 is 6.27. The number of phenols is 1. The fourth-order valence-corrected chi connectivity index (χ4v) is 3.49. The summed E-state index contributed by atoms with van der Waals surface area (Å²) in [6.45, 7) is -0.278. The summed E-state index contributed by atoms with van der Waals surface area (Å²) in [5.74, 6) is -1.87. The van der Waals surface area contributed by atoms with E-state index < -0.39 is 17.8 Å². The first kappa shape index (κ1) is 23.5. The number of amides is 5. The minimum Gasteiger partial charge on any atom is -0.508 e. The van der Waals surface area contributed by atoms with Gasteiger partial charge in [-0.15, -0.1) is 0 Å². The van der Waals surface area contributed by atoms with Crippen LogP contribution in [0.25, 0.3) is 6.08 Å². The molecule has 0 atom stereocenters. The third-order valence-electron chi connectivity index (χ3n) is 4.89. The van der Waals surface area contributed by atoms with E-state index in [9.17, 15) is 24.3 Å². The van der Waals surface area contributed by atoms with Crippen molar-refractivity contribution in [2.75, 3.05) is 16.8 Å². The van der Waals surface area contributed by atoms with Gasteiger partial charge < -0.3 is 15.2 Å². The first-order chi connectivity index (χ1) is 16.8. The van der Waals surface area contributed by atoms with Crippen molar-refractivity contribution >= 4 is 52.8 Å². The Balaban J connectivity index is 1.48. The number of urea groups is 1. The number of nitrogens with one attached hydrogen (secondary N) is 2. The van der Waals surface area contributed by atoms with Crippen LogP contribution in [0.4, 0.5) is 16.2 Å². The maximum Gasteiger partial charge on any atom is 0.335 e. The van der Waals surface area contributed by atoms with Crippen LogP contribution in [0.5, 0.6) is 11.5 Å². The Morgan fingerprint density at radius 2 is 1.74 bits per heavy atom. The molecule has 3 aromatic rings. The van der Waals surface area contributed by atoms with Crippen LogP contribution in [-0.2, 0) is 14.4 Å². The largest absolute Gasteiger partial charge is 0.508 e. The van der Waals surface area contributed by atoms with Crippen LogP contribution in [0.1, 0.15) is 5.56 Å². The number of imide groups is 2. The Morgan fingerprint density at radius 3 is 2.43 bits per heavy atom. The number of carbonyl (C=O) groups excluding carboxylic acids is 4. The van der Waals surface area contributed by atoms with Gasteiger partial charge in [0, 0.05) is 5.69 Å². The van der Waals surface area contributed by atoms with E-state index >= 15 is 0 Å². The summed E-state index contributed by atoms with van der Waals surface area (Å²) in [5.41, 5.74) is 0.919. The lowest BCUT2D eigenvalue weighted by molar-refractivity contribution is -0.122. The number of para-hydroxylation sites is 1. The van der Waals surface area contributed by atoms with Gasteiger partial charge in [-0.25, -0.2) is 9.69 Å². The Bertz CT molecular complexity index is 1340. The zero-order chi connectivity index (χ0) is 24.9. The molecule has 0 saturated carbocycles. The van der Waals surface area contributed by atoms with E-state index in [1.54, 1.807) is 30.3 Å². The van der Waals surface area contributed by atoms with Gasteiger partial charge in [-0.05, 0) is 60.2 Å².